The topological polar surface area (TPSA) is 57.5 Å². The molecule has 2 aromatic rings. The van der Waals surface area contributed by atoms with Crippen LogP contribution in [0.25, 0.3) is 0 Å². The Bertz CT molecular complexity index is 761. The second-order valence-corrected chi connectivity index (χ2v) is 9.83. The van der Waals surface area contributed by atoms with Gasteiger partial charge in [0, 0.05) is 5.30 Å². The third-order valence-electron chi connectivity index (χ3n) is 4.43. The van der Waals surface area contributed by atoms with E-state index in [1.165, 1.54) is 0 Å². The van der Waals surface area contributed by atoms with Gasteiger partial charge in [0.1, 0.15) is 5.75 Å². The van der Waals surface area contributed by atoms with Gasteiger partial charge in [0.15, 0.2) is 0 Å². The van der Waals surface area contributed by atoms with Gasteiger partial charge < -0.3 is 10.00 Å². The van der Waals surface area contributed by atoms with Crippen LogP contribution in [0.4, 0.5) is 0 Å². The maximum Gasteiger partial charge on any atom is 0.218 e. The van der Waals surface area contributed by atoms with Crippen LogP contribution in [0.2, 0.25) is 0 Å². The monoisotopic (exact) mass is 360 g/mol. The van der Waals surface area contributed by atoms with Crippen molar-refractivity contribution in [3.63, 3.8) is 0 Å². The van der Waals surface area contributed by atoms with E-state index < -0.39 is 8.03 Å². The summed E-state index contributed by atoms with van der Waals surface area (Å²) in [6.07, 6.45) is 0.569. The van der Waals surface area contributed by atoms with Crippen molar-refractivity contribution >= 4 is 13.3 Å². The third-order valence-corrected chi connectivity index (χ3v) is 5.38. The van der Waals surface area contributed by atoms with E-state index in [4.69, 9.17) is 0 Å². The van der Waals surface area contributed by atoms with Crippen molar-refractivity contribution in [2.45, 2.75) is 58.8 Å². The minimum atomic E-state index is -2.74. The number of phenols is 1. The summed E-state index contributed by atoms with van der Waals surface area (Å²) in [5.74, 6) is 0.354. The van der Waals surface area contributed by atoms with Crippen molar-refractivity contribution in [1.29, 1.82) is 0 Å². The van der Waals surface area contributed by atoms with Crippen molar-refractivity contribution in [3.05, 3.63) is 58.7 Å². The van der Waals surface area contributed by atoms with Crippen LogP contribution in [0.1, 0.15) is 63.8 Å². The van der Waals surface area contributed by atoms with Gasteiger partial charge in [-0.3, -0.25) is 4.57 Å². The van der Waals surface area contributed by atoms with Crippen LogP contribution in [0.5, 0.6) is 5.75 Å². The van der Waals surface area contributed by atoms with Crippen molar-refractivity contribution in [2.24, 2.45) is 0 Å². The first-order valence-corrected chi connectivity index (χ1v) is 9.95. The van der Waals surface area contributed by atoms with Gasteiger partial charge in [-0.2, -0.15) is 0 Å². The Balaban J connectivity index is 2.62. The van der Waals surface area contributed by atoms with Crippen molar-refractivity contribution in [2.75, 3.05) is 0 Å². The molecular formula is C21H29O3P. The molecule has 136 valence electrons. The average Bonchev–Trinajstić information content (AvgIpc) is 2.47. The molecule has 1 unspecified atom stereocenters. The molecule has 1 atom stereocenters. The summed E-state index contributed by atoms with van der Waals surface area (Å²) < 4.78 is 11.7. The largest absolute Gasteiger partial charge is 0.507 e. The lowest BCUT2D eigenvalue weighted by atomic mass is 9.78. The van der Waals surface area contributed by atoms with Crippen LogP contribution in [0.3, 0.4) is 0 Å². The van der Waals surface area contributed by atoms with Gasteiger partial charge in [0.25, 0.3) is 0 Å². The Morgan fingerprint density at radius 1 is 0.920 bits per heavy atom. The Morgan fingerprint density at radius 2 is 1.40 bits per heavy atom. The van der Waals surface area contributed by atoms with E-state index in [2.05, 4.69) is 41.5 Å². The second kappa shape index (κ2) is 6.97. The van der Waals surface area contributed by atoms with Crippen LogP contribution in [0, 0.1) is 0 Å². The highest BCUT2D eigenvalue weighted by atomic mass is 31.1. The molecule has 0 heterocycles. The van der Waals surface area contributed by atoms with Crippen LogP contribution in [-0.2, 0) is 21.8 Å². The van der Waals surface area contributed by atoms with Crippen LogP contribution >= 0.6 is 8.03 Å². The minimum absolute atomic E-state index is 0.190. The summed E-state index contributed by atoms with van der Waals surface area (Å²) in [6.45, 7) is 12.5. The number of hydrogen-bond donors (Lipinski definition) is 2. The molecule has 0 aliphatic rings. The van der Waals surface area contributed by atoms with Gasteiger partial charge in [-0.1, -0.05) is 71.9 Å². The Morgan fingerprint density at radius 3 is 1.84 bits per heavy atom. The summed E-state index contributed by atoms with van der Waals surface area (Å²) in [4.78, 5) is 9.60. The van der Waals surface area contributed by atoms with Crippen molar-refractivity contribution < 1.29 is 14.6 Å². The number of benzene rings is 2. The highest BCUT2D eigenvalue weighted by Crippen LogP contribution is 2.40. The predicted octanol–water partition coefficient (Wildman–Crippen LogP) is 4.67. The molecule has 0 amide bonds. The highest BCUT2D eigenvalue weighted by Gasteiger charge is 2.26. The minimum Gasteiger partial charge on any atom is -0.507 e. The van der Waals surface area contributed by atoms with E-state index in [0.29, 0.717) is 17.5 Å². The number of rotatable bonds is 3. The fourth-order valence-electron chi connectivity index (χ4n) is 3.04. The molecule has 25 heavy (non-hydrogen) atoms. The van der Waals surface area contributed by atoms with E-state index in [-0.39, 0.29) is 10.8 Å². The molecule has 0 aliphatic heterocycles. The van der Waals surface area contributed by atoms with Crippen LogP contribution in [0.15, 0.2) is 36.4 Å². The number of phenolic OH excluding ortho intramolecular Hbond substituents is 1. The van der Waals surface area contributed by atoms with E-state index in [1.807, 2.05) is 24.3 Å². The number of aromatic hydroxyl groups is 1. The molecule has 0 aliphatic carbocycles. The molecule has 0 radical (unpaired) electrons. The number of hydrogen-bond acceptors (Lipinski definition) is 2. The second-order valence-electron chi connectivity index (χ2n) is 8.68. The Labute approximate surface area is 151 Å². The Hall–Kier alpha value is -1.57. The zero-order valence-corrected chi connectivity index (χ0v) is 17.0. The summed E-state index contributed by atoms with van der Waals surface area (Å²) in [6, 6.07) is 11.3. The molecule has 0 bridgehead atoms. The maximum absolute atomic E-state index is 11.7. The lowest BCUT2D eigenvalue weighted by molar-refractivity contribution is 0.423. The molecule has 0 saturated heterocycles. The fraction of sp³-hybridized carbons (Fsp3) is 0.429. The molecule has 0 saturated carbocycles. The van der Waals surface area contributed by atoms with Crippen LogP contribution < -0.4 is 5.30 Å². The SMILES string of the molecule is CC(C)(C)c1cc(Cc2ccccc2[PH](=O)O)cc(C(C)(C)C)c1O. The average molecular weight is 360 g/mol. The summed E-state index contributed by atoms with van der Waals surface area (Å²) in [5.41, 5.74) is 3.34. The third kappa shape index (κ3) is 4.54. The smallest absolute Gasteiger partial charge is 0.218 e. The molecule has 2 N–H and O–H groups in total. The normalized spacial score (nSPS) is 13.7. The lowest BCUT2D eigenvalue weighted by Crippen LogP contribution is -2.18. The molecule has 0 aromatic heterocycles. The molecule has 4 heteroatoms. The first-order valence-electron chi connectivity index (χ1n) is 8.59. The van der Waals surface area contributed by atoms with Crippen LogP contribution in [-0.4, -0.2) is 10.00 Å². The summed E-state index contributed by atoms with van der Waals surface area (Å²) in [7, 11) is -2.74. The fourth-order valence-corrected chi connectivity index (χ4v) is 3.73. The molecule has 2 aromatic carbocycles. The predicted molar refractivity (Wildman–Crippen MR) is 106 cm³/mol. The molecule has 0 fully saturated rings. The van der Waals surface area contributed by atoms with E-state index >= 15 is 0 Å². The van der Waals surface area contributed by atoms with Crippen molar-refractivity contribution in [3.8, 4) is 5.75 Å². The van der Waals surface area contributed by atoms with Gasteiger partial charge in [0.2, 0.25) is 8.03 Å². The highest BCUT2D eigenvalue weighted by molar-refractivity contribution is 7.47. The standard InChI is InChI=1S/C21H29O3P/c1-20(2,3)16-12-14(13-17(19(16)22)21(4,5)6)11-15-9-7-8-10-18(15)25(23)24/h7-10,12-13,22,25H,11H2,1-6H3,(H,23,24). The lowest BCUT2D eigenvalue weighted by Gasteiger charge is -2.28. The molecule has 3 nitrogen and oxygen atoms in total. The van der Waals surface area contributed by atoms with E-state index in [9.17, 15) is 14.6 Å². The first kappa shape index (κ1) is 19.8. The molecule has 2 rings (SSSR count). The van der Waals surface area contributed by atoms with Gasteiger partial charge in [0.05, 0.1) is 0 Å². The molecule has 0 spiro atoms. The van der Waals surface area contributed by atoms with Gasteiger partial charge >= 0.3 is 0 Å². The zero-order chi connectivity index (χ0) is 19.0. The van der Waals surface area contributed by atoms with Gasteiger partial charge in [-0.25, -0.2) is 0 Å². The zero-order valence-electron chi connectivity index (χ0n) is 16.0. The Kier molecular flexibility index (Phi) is 5.51. The summed E-state index contributed by atoms with van der Waals surface area (Å²) >= 11 is 0. The maximum atomic E-state index is 11.7. The van der Waals surface area contributed by atoms with Gasteiger partial charge in [-0.05, 0) is 45.6 Å². The van der Waals surface area contributed by atoms with Gasteiger partial charge in [-0.15, -0.1) is 0 Å². The summed E-state index contributed by atoms with van der Waals surface area (Å²) in [5, 5.41) is 11.3. The van der Waals surface area contributed by atoms with E-state index in [1.54, 1.807) is 12.1 Å². The quantitative estimate of drug-likeness (QED) is 0.782. The van der Waals surface area contributed by atoms with E-state index in [0.717, 1.165) is 22.3 Å². The molecular weight excluding hydrogens is 331 g/mol. The van der Waals surface area contributed by atoms with Crippen molar-refractivity contribution in [1.82, 2.24) is 0 Å². The first-order chi connectivity index (χ1) is 11.4.